The van der Waals surface area contributed by atoms with Crippen LogP contribution in [0, 0.1) is 0 Å². The van der Waals surface area contributed by atoms with Crippen LogP contribution in [0.4, 0.5) is 11.9 Å². The summed E-state index contributed by atoms with van der Waals surface area (Å²) in [5.41, 5.74) is 8.95. The number of rotatable bonds is 15. The summed E-state index contributed by atoms with van der Waals surface area (Å²) < 4.78 is 22.4. The molecule has 304 valence electrons. The number of methoxy groups -OCH3 is 2. The number of hydrazine groups is 1. The largest absolute Gasteiger partial charge is 0.497 e. The highest BCUT2D eigenvalue weighted by Crippen LogP contribution is 2.30. The number of benzene rings is 3. The Hall–Kier alpha value is -4.88. The number of aromatic nitrogens is 4. The zero-order chi connectivity index (χ0) is 38.0. The predicted molar refractivity (Wildman–Crippen MR) is 230 cm³/mol. The van der Waals surface area contributed by atoms with Gasteiger partial charge in [-0.15, -0.1) is 24.8 Å². The number of halogens is 2. The molecule has 1 N–H and O–H groups in total. The lowest BCUT2D eigenvalue weighted by atomic mass is 9.98. The molecule has 0 saturated carbocycles. The molecule has 7 rings (SSSR count). The van der Waals surface area contributed by atoms with Gasteiger partial charge in [-0.1, -0.05) is 24.3 Å². The fraction of sp³-hybridized carbons (Fsp3) is 0.395. The van der Waals surface area contributed by atoms with E-state index in [9.17, 15) is 0 Å². The highest BCUT2D eigenvalue weighted by atomic mass is 35.5. The van der Waals surface area contributed by atoms with Gasteiger partial charge in [0.1, 0.15) is 23.0 Å². The second-order valence-electron chi connectivity index (χ2n) is 13.9. The summed E-state index contributed by atoms with van der Waals surface area (Å²) in [5.74, 6) is 4.74. The van der Waals surface area contributed by atoms with Gasteiger partial charge in [0.15, 0.2) is 0 Å². The zero-order valence-corrected chi connectivity index (χ0v) is 34.8. The smallest absolute Gasteiger partial charge is 0.237 e. The van der Waals surface area contributed by atoms with Gasteiger partial charge >= 0.3 is 0 Å². The summed E-state index contributed by atoms with van der Waals surface area (Å²) >= 11 is 0. The lowest BCUT2D eigenvalue weighted by molar-refractivity contribution is 0.0807. The molecule has 2 saturated heterocycles. The molecular formula is C43H54Cl2N8O4. The fourth-order valence-corrected chi connectivity index (χ4v) is 7.51. The van der Waals surface area contributed by atoms with Gasteiger partial charge in [-0.3, -0.25) is 10.3 Å². The van der Waals surface area contributed by atoms with Gasteiger partial charge < -0.3 is 23.8 Å². The van der Waals surface area contributed by atoms with Gasteiger partial charge in [0.05, 0.1) is 27.4 Å². The standard InChI is InChI=1S/C43H52N8O4.2ClH/c1-5-54-40-23-31(24-41(25-40)55-6-2)30-49-19-15-36(16-20-49)51(48-42-44-26-34(27-45-42)32-7-11-38(52-3)12-8-32)37-17-21-50(22-18-37)43-46-28-35(29-47-43)33-9-13-39(53-4)14-10-33;;/h7-14,23-29,36-37H,5-6,15-22,30H2,1-4H3,(H,44,45,48);2*1H. The molecule has 3 aromatic carbocycles. The second-order valence-corrected chi connectivity index (χ2v) is 13.9. The first-order chi connectivity index (χ1) is 27.0. The molecule has 57 heavy (non-hydrogen) atoms. The summed E-state index contributed by atoms with van der Waals surface area (Å²) in [6, 6.07) is 22.8. The summed E-state index contributed by atoms with van der Waals surface area (Å²) in [4.78, 5) is 23.9. The summed E-state index contributed by atoms with van der Waals surface area (Å²) in [6.07, 6.45) is 11.6. The Morgan fingerprint density at radius 1 is 0.596 bits per heavy atom. The van der Waals surface area contributed by atoms with E-state index in [4.69, 9.17) is 38.9 Å². The van der Waals surface area contributed by atoms with E-state index < -0.39 is 0 Å². The van der Waals surface area contributed by atoms with E-state index in [-0.39, 0.29) is 24.8 Å². The minimum Gasteiger partial charge on any atom is -0.497 e. The molecule has 2 aliphatic heterocycles. The molecule has 0 unspecified atom stereocenters. The molecule has 0 spiro atoms. The Bertz CT molecular complexity index is 1920. The number of anilines is 2. The second kappa shape index (κ2) is 21.0. The average molecular weight is 818 g/mol. The van der Waals surface area contributed by atoms with Crippen molar-refractivity contribution in [3.63, 3.8) is 0 Å². The number of likely N-dealkylation sites (tertiary alicyclic amines) is 1. The Morgan fingerprint density at radius 2 is 1.05 bits per heavy atom. The topological polar surface area (TPSA) is 110 Å². The number of hydrogen-bond donors (Lipinski definition) is 1. The Balaban J connectivity index is 0.00000310. The van der Waals surface area contributed by atoms with Crippen LogP contribution in [0.15, 0.2) is 91.5 Å². The number of nitrogens with zero attached hydrogens (tertiary/aromatic N) is 7. The quantitative estimate of drug-likeness (QED) is 0.103. The first-order valence-corrected chi connectivity index (χ1v) is 19.4. The van der Waals surface area contributed by atoms with Crippen molar-refractivity contribution in [3.05, 3.63) is 97.1 Å². The third kappa shape index (κ3) is 11.2. The number of hydrogen-bond acceptors (Lipinski definition) is 12. The van der Waals surface area contributed by atoms with Crippen molar-refractivity contribution in [2.24, 2.45) is 0 Å². The van der Waals surface area contributed by atoms with E-state index in [2.05, 4.69) is 32.4 Å². The van der Waals surface area contributed by atoms with E-state index in [0.29, 0.717) is 31.2 Å². The number of nitrogens with one attached hydrogen (secondary N) is 1. The van der Waals surface area contributed by atoms with E-state index in [1.165, 1.54) is 5.56 Å². The molecule has 0 aliphatic carbocycles. The maximum Gasteiger partial charge on any atom is 0.237 e. The minimum absolute atomic E-state index is 0. The summed E-state index contributed by atoms with van der Waals surface area (Å²) in [7, 11) is 3.35. The molecular weight excluding hydrogens is 763 g/mol. The van der Waals surface area contributed by atoms with Crippen LogP contribution in [0.3, 0.4) is 0 Å². The third-order valence-corrected chi connectivity index (χ3v) is 10.4. The van der Waals surface area contributed by atoms with Gasteiger partial charge in [-0.2, -0.15) is 0 Å². The van der Waals surface area contributed by atoms with Crippen molar-refractivity contribution in [1.82, 2.24) is 29.8 Å². The highest BCUT2D eigenvalue weighted by molar-refractivity contribution is 5.85. The SMILES string of the molecule is CCOc1cc(CN2CCC(N(Nc3ncc(-c4ccc(OC)cc4)cn3)C3CCN(c4ncc(-c5ccc(OC)cc5)cn4)CC3)CC2)cc(OCC)c1.Cl.Cl. The van der Waals surface area contributed by atoms with Crippen molar-refractivity contribution in [1.29, 1.82) is 0 Å². The molecule has 14 heteroatoms. The van der Waals surface area contributed by atoms with Gasteiger partial charge in [0.25, 0.3) is 0 Å². The van der Waals surface area contributed by atoms with Crippen molar-refractivity contribution in [2.45, 2.75) is 58.2 Å². The molecule has 2 aliphatic rings. The molecule has 2 fully saturated rings. The fourth-order valence-electron chi connectivity index (χ4n) is 7.51. The monoisotopic (exact) mass is 816 g/mol. The van der Waals surface area contributed by atoms with Crippen molar-refractivity contribution in [3.8, 4) is 45.3 Å². The van der Waals surface area contributed by atoms with Gasteiger partial charge in [-0.25, -0.2) is 24.9 Å². The van der Waals surface area contributed by atoms with Gasteiger partial charge in [0, 0.05) is 86.8 Å². The van der Waals surface area contributed by atoms with Crippen LogP contribution in [-0.4, -0.2) is 95.5 Å². The molecule has 0 radical (unpaired) electrons. The molecule has 5 aromatic rings. The van der Waals surface area contributed by atoms with Crippen molar-refractivity contribution < 1.29 is 18.9 Å². The maximum absolute atomic E-state index is 5.86. The Morgan fingerprint density at radius 3 is 1.51 bits per heavy atom. The van der Waals surface area contributed by atoms with Crippen LogP contribution in [0.25, 0.3) is 22.3 Å². The zero-order valence-electron chi connectivity index (χ0n) is 33.2. The van der Waals surface area contributed by atoms with Crippen LogP contribution < -0.4 is 29.3 Å². The van der Waals surface area contributed by atoms with E-state index in [1.54, 1.807) is 14.2 Å². The molecule has 0 bridgehead atoms. The van der Waals surface area contributed by atoms with Crippen LogP contribution >= 0.6 is 24.8 Å². The number of ether oxygens (including phenoxy) is 4. The number of piperidine rings is 2. The normalized spacial score (nSPS) is 15.0. The van der Waals surface area contributed by atoms with Gasteiger partial charge in [0.2, 0.25) is 11.9 Å². The molecule has 2 aromatic heterocycles. The molecule has 0 amide bonds. The third-order valence-electron chi connectivity index (χ3n) is 10.4. The van der Waals surface area contributed by atoms with Crippen molar-refractivity contribution >= 4 is 36.7 Å². The predicted octanol–water partition coefficient (Wildman–Crippen LogP) is 8.22. The maximum atomic E-state index is 5.86. The lowest BCUT2D eigenvalue weighted by Gasteiger charge is -2.45. The average Bonchev–Trinajstić information content (AvgIpc) is 3.24. The van der Waals surface area contributed by atoms with Crippen LogP contribution in [0.5, 0.6) is 23.0 Å². The van der Waals surface area contributed by atoms with E-state index in [1.807, 2.05) is 93.2 Å². The van der Waals surface area contributed by atoms with Crippen LogP contribution in [-0.2, 0) is 6.54 Å². The summed E-state index contributed by atoms with van der Waals surface area (Å²) in [6.45, 7) is 9.81. The van der Waals surface area contributed by atoms with Crippen molar-refractivity contribution in [2.75, 3.05) is 63.9 Å². The Labute approximate surface area is 348 Å². The minimum atomic E-state index is 0. The first-order valence-electron chi connectivity index (χ1n) is 19.4. The summed E-state index contributed by atoms with van der Waals surface area (Å²) in [5, 5.41) is 2.45. The van der Waals surface area contributed by atoms with E-state index >= 15 is 0 Å². The highest BCUT2D eigenvalue weighted by Gasteiger charge is 2.33. The van der Waals surface area contributed by atoms with Crippen LogP contribution in [0.2, 0.25) is 0 Å². The van der Waals surface area contributed by atoms with Crippen LogP contribution in [0.1, 0.15) is 45.1 Å². The van der Waals surface area contributed by atoms with E-state index in [0.717, 1.165) is 110 Å². The molecule has 4 heterocycles. The Kier molecular flexibility index (Phi) is 16.0. The lowest BCUT2D eigenvalue weighted by Crippen LogP contribution is -2.54. The van der Waals surface area contributed by atoms with Gasteiger partial charge in [-0.05, 0) is 92.6 Å². The first kappa shape index (κ1) is 43.2. The molecule has 12 nitrogen and oxygen atoms in total. The molecule has 0 atom stereocenters.